The average molecular weight is 260 g/mol. The Morgan fingerprint density at radius 1 is 1.21 bits per heavy atom. The van der Waals surface area contributed by atoms with Gasteiger partial charge in [-0.15, -0.1) is 0 Å². The van der Waals surface area contributed by atoms with Crippen molar-refractivity contribution in [2.45, 2.75) is 13.8 Å². The molecule has 102 valence electrons. The minimum Gasteiger partial charge on any atom is -0.489 e. The Balaban J connectivity index is 1.96. The molecule has 2 rings (SSSR count). The molecule has 0 spiro atoms. The van der Waals surface area contributed by atoms with Crippen LogP contribution in [0.1, 0.15) is 13.8 Å². The Labute approximate surface area is 113 Å². The minimum atomic E-state index is 0.507. The topological polar surface area (TPSA) is 57.4 Å². The quantitative estimate of drug-likeness (QED) is 0.641. The van der Waals surface area contributed by atoms with Crippen LogP contribution in [-0.4, -0.2) is 24.8 Å². The molecule has 0 aliphatic heterocycles. The predicted octanol–water partition coefficient (Wildman–Crippen LogP) is 2.87. The highest BCUT2D eigenvalue weighted by molar-refractivity contribution is 5.95. The molecule has 1 aromatic heterocycles. The van der Waals surface area contributed by atoms with Crippen molar-refractivity contribution in [1.82, 2.24) is 4.98 Å². The van der Waals surface area contributed by atoms with Crippen molar-refractivity contribution in [3.05, 3.63) is 30.6 Å². The van der Waals surface area contributed by atoms with E-state index >= 15 is 0 Å². The number of ether oxygens (including phenoxy) is 2. The molecule has 0 fully saturated rings. The van der Waals surface area contributed by atoms with E-state index in [9.17, 15) is 0 Å². The Bertz CT molecular complexity index is 541. The van der Waals surface area contributed by atoms with E-state index in [0.717, 1.165) is 17.4 Å². The van der Waals surface area contributed by atoms with E-state index in [1.54, 1.807) is 12.4 Å². The second kappa shape index (κ2) is 6.38. The second-order valence-corrected chi connectivity index (χ2v) is 4.89. The molecule has 2 aromatic rings. The fraction of sp³-hybridized carbons (Fsp3) is 0.400. The first-order chi connectivity index (χ1) is 9.18. The first-order valence-electron chi connectivity index (χ1n) is 6.51. The van der Waals surface area contributed by atoms with Gasteiger partial charge in [0.05, 0.1) is 12.3 Å². The number of pyridine rings is 1. The molecule has 0 saturated heterocycles. The lowest BCUT2D eigenvalue weighted by Gasteiger charge is -2.11. The maximum absolute atomic E-state index is 6.09. The highest BCUT2D eigenvalue weighted by atomic mass is 16.5. The molecule has 0 radical (unpaired) electrons. The van der Waals surface area contributed by atoms with E-state index in [2.05, 4.69) is 18.8 Å². The van der Waals surface area contributed by atoms with E-state index in [-0.39, 0.29) is 0 Å². The molecule has 1 aromatic carbocycles. The number of nitrogen functional groups attached to an aromatic ring is 1. The van der Waals surface area contributed by atoms with E-state index in [4.69, 9.17) is 15.2 Å². The van der Waals surface area contributed by atoms with Crippen LogP contribution < -0.4 is 10.5 Å². The van der Waals surface area contributed by atoms with Gasteiger partial charge in [-0.05, 0) is 24.1 Å². The number of hydrogen-bond acceptors (Lipinski definition) is 4. The van der Waals surface area contributed by atoms with Gasteiger partial charge in [0, 0.05) is 29.8 Å². The van der Waals surface area contributed by atoms with Gasteiger partial charge >= 0.3 is 0 Å². The lowest BCUT2D eigenvalue weighted by atomic mass is 10.1. The summed E-state index contributed by atoms with van der Waals surface area (Å²) in [7, 11) is 0. The summed E-state index contributed by atoms with van der Waals surface area (Å²) in [4.78, 5) is 4.07. The van der Waals surface area contributed by atoms with Gasteiger partial charge in [-0.1, -0.05) is 13.8 Å². The van der Waals surface area contributed by atoms with Crippen molar-refractivity contribution in [2.24, 2.45) is 5.92 Å². The van der Waals surface area contributed by atoms with Crippen LogP contribution in [0.15, 0.2) is 30.6 Å². The van der Waals surface area contributed by atoms with Gasteiger partial charge in [-0.25, -0.2) is 0 Å². The lowest BCUT2D eigenvalue weighted by Crippen LogP contribution is -2.10. The lowest BCUT2D eigenvalue weighted by molar-refractivity contribution is 0.0821. The average Bonchev–Trinajstić information content (AvgIpc) is 2.41. The van der Waals surface area contributed by atoms with Gasteiger partial charge in [-0.3, -0.25) is 4.98 Å². The van der Waals surface area contributed by atoms with Gasteiger partial charge in [0.15, 0.2) is 0 Å². The van der Waals surface area contributed by atoms with E-state index < -0.39 is 0 Å². The smallest absolute Gasteiger partial charge is 0.142 e. The Morgan fingerprint density at radius 2 is 2.05 bits per heavy atom. The highest BCUT2D eigenvalue weighted by Gasteiger charge is 2.05. The monoisotopic (exact) mass is 260 g/mol. The summed E-state index contributed by atoms with van der Waals surface area (Å²) in [6, 6.07) is 5.73. The van der Waals surface area contributed by atoms with Gasteiger partial charge in [0.1, 0.15) is 12.4 Å². The number of benzene rings is 1. The molecular formula is C15H20N2O2. The number of anilines is 1. The van der Waals surface area contributed by atoms with Crippen molar-refractivity contribution in [3.8, 4) is 5.75 Å². The molecule has 0 bridgehead atoms. The number of aromatic nitrogens is 1. The van der Waals surface area contributed by atoms with Crippen LogP contribution in [0.3, 0.4) is 0 Å². The van der Waals surface area contributed by atoms with Crippen LogP contribution in [0.4, 0.5) is 5.69 Å². The minimum absolute atomic E-state index is 0.507. The van der Waals surface area contributed by atoms with Crippen molar-refractivity contribution < 1.29 is 9.47 Å². The summed E-state index contributed by atoms with van der Waals surface area (Å²) >= 11 is 0. The fourth-order valence-electron chi connectivity index (χ4n) is 1.83. The fourth-order valence-corrected chi connectivity index (χ4v) is 1.83. The summed E-state index contributed by atoms with van der Waals surface area (Å²) in [6.07, 6.45) is 3.52. The zero-order valence-corrected chi connectivity index (χ0v) is 11.4. The Hall–Kier alpha value is -1.81. The van der Waals surface area contributed by atoms with Gasteiger partial charge in [0.25, 0.3) is 0 Å². The van der Waals surface area contributed by atoms with Crippen molar-refractivity contribution in [2.75, 3.05) is 25.6 Å². The predicted molar refractivity (Wildman–Crippen MR) is 77.3 cm³/mol. The Kier molecular flexibility index (Phi) is 4.58. The highest BCUT2D eigenvalue weighted by Crippen LogP contribution is 2.29. The second-order valence-electron chi connectivity index (χ2n) is 4.89. The van der Waals surface area contributed by atoms with Crippen LogP contribution in [0.2, 0.25) is 0 Å². The number of fused-ring (bicyclic) bond motifs is 1. The van der Waals surface area contributed by atoms with Gasteiger partial charge in [0.2, 0.25) is 0 Å². The number of rotatable bonds is 6. The van der Waals surface area contributed by atoms with Gasteiger partial charge in [-0.2, -0.15) is 0 Å². The molecule has 0 amide bonds. The van der Waals surface area contributed by atoms with E-state index in [1.165, 1.54) is 0 Å². The molecule has 0 atom stereocenters. The molecular weight excluding hydrogens is 240 g/mol. The number of nitrogens with two attached hydrogens (primary N) is 1. The zero-order valence-electron chi connectivity index (χ0n) is 11.4. The summed E-state index contributed by atoms with van der Waals surface area (Å²) in [6.45, 7) is 6.08. The van der Waals surface area contributed by atoms with Gasteiger partial charge < -0.3 is 15.2 Å². The van der Waals surface area contributed by atoms with Crippen molar-refractivity contribution >= 4 is 16.5 Å². The van der Waals surface area contributed by atoms with Crippen LogP contribution in [0.25, 0.3) is 10.8 Å². The molecule has 4 heteroatoms. The molecule has 0 aliphatic carbocycles. The number of nitrogens with zero attached hydrogens (tertiary/aromatic N) is 1. The van der Waals surface area contributed by atoms with Crippen LogP contribution >= 0.6 is 0 Å². The van der Waals surface area contributed by atoms with Crippen molar-refractivity contribution in [1.29, 1.82) is 0 Å². The summed E-state index contributed by atoms with van der Waals surface area (Å²) in [5.41, 5.74) is 6.74. The zero-order chi connectivity index (χ0) is 13.7. The van der Waals surface area contributed by atoms with Crippen LogP contribution in [0.5, 0.6) is 5.75 Å². The van der Waals surface area contributed by atoms with Crippen molar-refractivity contribution in [3.63, 3.8) is 0 Å². The van der Waals surface area contributed by atoms with E-state index in [1.807, 2.05) is 18.2 Å². The maximum Gasteiger partial charge on any atom is 0.142 e. The Morgan fingerprint density at radius 3 is 2.84 bits per heavy atom. The molecule has 0 saturated carbocycles. The first kappa shape index (κ1) is 13.6. The number of hydrogen-bond donors (Lipinski definition) is 1. The molecule has 2 N–H and O–H groups in total. The standard InChI is InChI=1S/C15H20N2O2/c1-11(2)10-18-7-8-19-14-4-3-12-9-17-6-5-13(12)15(14)16/h3-6,9,11H,7-8,10,16H2,1-2H3. The first-order valence-corrected chi connectivity index (χ1v) is 6.51. The molecule has 0 aliphatic rings. The molecule has 1 heterocycles. The van der Waals surface area contributed by atoms with Crippen LogP contribution in [0, 0.1) is 5.92 Å². The third-order valence-electron chi connectivity index (χ3n) is 2.76. The summed E-state index contributed by atoms with van der Waals surface area (Å²) < 4.78 is 11.1. The SMILES string of the molecule is CC(C)COCCOc1ccc2cnccc2c1N. The molecule has 0 unspecified atom stereocenters. The molecule has 19 heavy (non-hydrogen) atoms. The normalized spacial score (nSPS) is 11.1. The molecule has 4 nitrogen and oxygen atoms in total. The summed E-state index contributed by atoms with van der Waals surface area (Å²) in [5, 5.41) is 1.99. The summed E-state index contributed by atoms with van der Waals surface area (Å²) in [5.74, 6) is 1.24. The maximum atomic E-state index is 6.09. The largest absolute Gasteiger partial charge is 0.489 e. The third-order valence-corrected chi connectivity index (χ3v) is 2.76. The van der Waals surface area contributed by atoms with Crippen LogP contribution in [-0.2, 0) is 4.74 Å². The van der Waals surface area contributed by atoms with E-state index in [0.29, 0.717) is 30.6 Å². The third kappa shape index (κ3) is 3.58.